The van der Waals surface area contributed by atoms with E-state index in [1.165, 1.54) is 27.9 Å². The maximum atomic E-state index is 4.81. The lowest BCUT2D eigenvalue weighted by Gasteiger charge is -2.15. The molecular weight excluding hydrogens is 318 g/mol. The highest BCUT2D eigenvalue weighted by molar-refractivity contribution is 5.68. The van der Waals surface area contributed by atoms with Gasteiger partial charge in [-0.15, -0.1) is 0 Å². The first-order chi connectivity index (χ1) is 12.5. The van der Waals surface area contributed by atoms with E-state index in [0.29, 0.717) is 0 Å². The molecule has 2 aromatic carbocycles. The second-order valence-corrected chi connectivity index (χ2v) is 7.20. The molecule has 0 amide bonds. The molecule has 0 radical (unpaired) electrons. The van der Waals surface area contributed by atoms with Crippen molar-refractivity contribution < 1.29 is 0 Å². The van der Waals surface area contributed by atoms with Crippen LogP contribution in [0, 0.1) is 13.8 Å². The maximum absolute atomic E-state index is 4.81. The molecule has 1 heterocycles. The van der Waals surface area contributed by atoms with Gasteiger partial charge in [-0.25, -0.2) is 4.68 Å². The number of nitrogens with zero attached hydrogens (tertiary/aromatic N) is 3. The lowest BCUT2D eigenvalue weighted by molar-refractivity contribution is 0.413. The van der Waals surface area contributed by atoms with Crippen molar-refractivity contribution in [3.63, 3.8) is 0 Å². The average molecular weight is 348 g/mol. The number of benzene rings is 2. The highest BCUT2D eigenvalue weighted by Crippen LogP contribution is 2.30. The first-order valence-electron chi connectivity index (χ1n) is 9.39. The number of aryl methyl sites for hydroxylation is 2. The van der Waals surface area contributed by atoms with Crippen LogP contribution in [-0.2, 0) is 12.8 Å². The largest absolute Gasteiger partial charge is 0.309 e. The molecule has 1 aromatic heterocycles. The molecule has 3 aromatic rings. The molecule has 0 atom stereocenters. The third kappa shape index (κ3) is 3.73. The number of para-hydroxylation sites is 1. The van der Waals surface area contributed by atoms with Crippen molar-refractivity contribution in [3.8, 4) is 16.9 Å². The standard InChI is InChI=1S/C23H29N3/c1-6-19-12-13-21(16-20(19)14-15-25(4)5)23-17(2)18(3)24-26(23)22-10-8-7-9-11-22/h7-13,16H,6,14-15H2,1-5H3. The number of aromatic nitrogens is 2. The van der Waals surface area contributed by atoms with E-state index in [0.717, 1.165) is 30.8 Å². The number of likely N-dealkylation sites (N-methyl/N-ethyl adjacent to an activating group) is 1. The van der Waals surface area contributed by atoms with E-state index in [-0.39, 0.29) is 0 Å². The van der Waals surface area contributed by atoms with Crippen LogP contribution in [-0.4, -0.2) is 35.3 Å². The molecule has 0 saturated heterocycles. The Morgan fingerprint density at radius 1 is 0.962 bits per heavy atom. The van der Waals surface area contributed by atoms with Crippen LogP contribution in [0.1, 0.15) is 29.3 Å². The van der Waals surface area contributed by atoms with Crippen LogP contribution in [0.4, 0.5) is 0 Å². The Morgan fingerprint density at radius 2 is 1.69 bits per heavy atom. The number of hydrogen-bond acceptors (Lipinski definition) is 2. The van der Waals surface area contributed by atoms with Crippen LogP contribution in [0.3, 0.4) is 0 Å². The summed E-state index contributed by atoms with van der Waals surface area (Å²) in [5, 5.41) is 4.81. The van der Waals surface area contributed by atoms with Gasteiger partial charge in [0, 0.05) is 12.1 Å². The summed E-state index contributed by atoms with van der Waals surface area (Å²) in [6.07, 6.45) is 2.14. The normalized spacial score (nSPS) is 11.3. The third-order valence-electron chi connectivity index (χ3n) is 5.05. The van der Waals surface area contributed by atoms with E-state index in [4.69, 9.17) is 5.10 Å². The zero-order chi connectivity index (χ0) is 18.7. The molecule has 0 unspecified atom stereocenters. The zero-order valence-corrected chi connectivity index (χ0v) is 16.6. The van der Waals surface area contributed by atoms with E-state index in [1.54, 1.807) is 0 Å². The van der Waals surface area contributed by atoms with Crippen molar-refractivity contribution in [1.82, 2.24) is 14.7 Å². The molecule has 0 fully saturated rings. The molecule has 0 aliphatic rings. The molecule has 0 saturated carbocycles. The van der Waals surface area contributed by atoms with Crippen LogP contribution in [0.25, 0.3) is 16.9 Å². The third-order valence-corrected chi connectivity index (χ3v) is 5.05. The zero-order valence-electron chi connectivity index (χ0n) is 16.6. The smallest absolute Gasteiger partial charge is 0.0772 e. The van der Waals surface area contributed by atoms with Gasteiger partial charge < -0.3 is 4.90 Å². The minimum absolute atomic E-state index is 1.06. The molecular formula is C23H29N3. The predicted octanol–water partition coefficient (Wildman–Crippen LogP) is 4.82. The second-order valence-electron chi connectivity index (χ2n) is 7.20. The fraction of sp³-hybridized carbons (Fsp3) is 0.348. The minimum Gasteiger partial charge on any atom is -0.309 e. The summed E-state index contributed by atoms with van der Waals surface area (Å²) < 4.78 is 2.08. The summed E-state index contributed by atoms with van der Waals surface area (Å²) in [6.45, 7) is 7.56. The van der Waals surface area contributed by atoms with Crippen molar-refractivity contribution in [2.24, 2.45) is 0 Å². The average Bonchev–Trinajstić information content (AvgIpc) is 2.95. The first-order valence-corrected chi connectivity index (χ1v) is 9.39. The molecule has 0 N–H and O–H groups in total. The molecule has 0 bridgehead atoms. The molecule has 0 spiro atoms. The van der Waals surface area contributed by atoms with Crippen molar-refractivity contribution >= 4 is 0 Å². The fourth-order valence-corrected chi connectivity index (χ4v) is 3.39. The summed E-state index contributed by atoms with van der Waals surface area (Å²) in [7, 11) is 4.26. The van der Waals surface area contributed by atoms with Crippen molar-refractivity contribution in [1.29, 1.82) is 0 Å². The highest BCUT2D eigenvalue weighted by atomic mass is 15.3. The maximum Gasteiger partial charge on any atom is 0.0772 e. The van der Waals surface area contributed by atoms with E-state index >= 15 is 0 Å². The summed E-state index contributed by atoms with van der Waals surface area (Å²) >= 11 is 0. The molecule has 136 valence electrons. The number of rotatable bonds is 6. The molecule has 26 heavy (non-hydrogen) atoms. The Balaban J connectivity index is 2.10. The number of hydrogen-bond donors (Lipinski definition) is 0. The Hall–Kier alpha value is -2.39. The highest BCUT2D eigenvalue weighted by Gasteiger charge is 2.16. The quantitative estimate of drug-likeness (QED) is 0.637. The van der Waals surface area contributed by atoms with Crippen molar-refractivity contribution in [2.45, 2.75) is 33.6 Å². The van der Waals surface area contributed by atoms with Gasteiger partial charge in [-0.2, -0.15) is 5.10 Å². The van der Waals surface area contributed by atoms with Crippen LogP contribution < -0.4 is 0 Å². The molecule has 0 aliphatic heterocycles. The van der Waals surface area contributed by atoms with E-state index in [9.17, 15) is 0 Å². The Labute approximate surface area is 157 Å². The lowest BCUT2D eigenvalue weighted by atomic mass is 9.96. The van der Waals surface area contributed by atoms with Gasteiger partial charge >= 0.3 is 0 Å². The minimum atomic E-state index is 1.06. The van der Waals surface area contributed by atoms with Gasteiger partial charge in [0.05, 0.1) is 17.1 Å². The molecule has 3 heteroatoms. The first kappa shape index (κ1) is 18.4. The van der Waals surface area contributed by atoms with Gasteiger partial charge in [-0.3, -0.25) is 0 Å². The van der Waals surface area contributed by atoms with Gasteiger partial charge in [-0.1, -0.05) is 37.3 Å². The summed E-state index contributed by atoms with van der Waals surface area (Å²) in [6, 6.07) is 17.3. The summed E-state index contributed by atoms with van der Waals surface area (Å²) in [5.41, 5.74) is 8.76. The Bertz CT molecular complexity index is 876. The van der Waals surface area contributed by atoms with Gasteiger partial charge in [0.1, 0.15) is 0 Å². The second kappa shape index (κ2) is 7.88. The van der Waals surface area contributed by atoms with Crippen LogP contribution >= 0.6 is 0 Å². The van der Waals surface area contributed by atoms with Crippen LogP contribution in [0.2, 0.25) is 0 Å². The molecule has 0 aliphatic carbocycles. The van der Waals surface area contributed by atoms with Gasteiger partial charge in [-0.05, 0) is 75.7 Å². The van der Waals surface area contributed by atoms with E-state index in [2.05, 4.69) is 86.9 Å². The lowest BCUT2D eigenvalue weighted by Crippen LogP contribution is -2.15. The van der Waals surface area contributed by atoms with E-state index < -0.39 is 0 Å². The molecule has 3 rings (SSSR count). The Morgan fingerprint density at radius 3 is 2.35 bits per heavy atom. The fourth-order valence-electron chi connectivity index (χ4n) is 3.39. The van der Waals surface area contributed by atoms with Gasteiger partial charge in [0.15, 0.2) is 0 Å². The van der Waals surface area contributed by atoms with Crippen LogP contribution in [0.5, 0.6) is 0 Å². The van der Waals surface area contributed by atoms with Crippen LogP contribution in [0.15, 0.2) is 48.5 Å². The summed E-state index contributed by atoms with van der Waals surface area (Å²) in [4.78, 5) is 2.25. The molecule has 3 nitrogen and oxygen atoms in total. The Kier molecular flexibility index (Phi) is 5.58. The van der Waals surface area contributed by atoms with Crippen molar-refractivity contribution in [3.05, 3.63) is 70.9 Å². The van der Waals surface area contributed by atoms with E-state index in [1.807, 2.05) is 6.07 Å². The predicted molar refractivity (Wildman–Crippen MR) is 110 cm³/mol. The van der Waals surface area contributed by atoms with Gasteiger partial charge in [0.2, 0.25) is 0 Å². The SMILES string of the molecule is CCc1ccc(-c2c(C)c(C)nn2-c2ccccc2)cc1CCN(C)C. The monoisotopic (exact) mass is 347 g/mol. The topological polar surface area (TPSA) is 21.1 Å². The summed E-state index contributed by atoms with van der Waals surface area (Å²) in [5.74, 6) is 0. The van der Waals surface area contributed by atoms with Crippen molar-refractivity contribution in [2.75, 3.05) is 20.6 Å². The van der Waals surface area contributed by atoms with Gasteiger partial charge in [0.25, 0.3) is 0 Å².